The molecule has 9 heteroatoms. The Hall–Kier alpha value is -3.41. The second-order valence-electron chi connectivity index (χ2n) is 5.21. The maximum atomic E-state index is 12.7. The van der Waals surface area contributed by atoms with E-state index in [2.05, 4.69) is 9.47 Å². The van der Waals surface area contributed by atoms with Crippen LogP contribution in [0.2, 0.25) is 0 Å². The van der Waals surface area contributed by atoms with Gasteiger partial charge in [0.05, 0.1) is 20.3 Å². The average Bonchev–Trinajstić information content (AvgIpc) is 2.66. The van der Waals surface area contributed by atoms with Gasteiger partial charge in [-0.05, 0) is 41.0 Å². The third-order valence-electron chi connectivity index (χ3n) is 3.56. The van der Waals surface area contributed by atoms with Crippen LogP contribution < -0.4 is 18.9 Å². The number of allylic oxidation sites excluding steroid dienone is 1. The maximum Gasteiger partial charge on any atom is 0.387 e. The van der Waals surface area contributed by atoms with Gasteiger partial charge in [0, 0.05) is 12.1 Å². The standard InChI is InChI=1S/C19H15F4NO4/c1-25-13-7-12(8-14(10-13)26-2)15(5-6-24)11-3-4-16(27-18(20)21)17(9-11)28-19(22)23/h3-5,7-10,18-19H,1-2H3/b15-5+. The zero-order chi connectivity index (χ0) is 20.7. The third-order valence-corrected chi connectivity index (χ3v) is 3.56. The molecule has 0 heterocycles. The number of ether oxygens (including phenoxy) is 4. The molecule has 0 spiro atoms. The lowest BCUT2D eigenvalue weighted by Gasteiger charge is -2.15. The summed E-state index contributed by atoms with van der Waals surface area (Å²) in [6, 6.07) is 10.2. The summed E-state index contributed by atoms with van der Waals surface area (Å²) in [7, 11) is 2.88. The summed E-state index contributed by atoms with van der Waals surface area (Å²) < 4.78 is 69.2. The Kier molecular flexibility index (Phi) is 7.09. The number of halogens is 4. The molecule has 0 N–H and O–H groups in total. The summed E-state index contributed by atoms with van der Waals surface area (Å²) >= 11 is 0. The summed E-state index contributed by atoms with van der Waals surface area (Å²) in [6.45, 7) is -6.47. The van der Waals surface area contributed by atoms with Crippen molar-refractivity contribution in [2.24, 2.45) is 0 Å². The second kappa shape index (κ2) is 9.50. The Morgan fingerprint density at radius 3 is 1.93 bits per heavy atom. The van der Waals surface area contributed by atoms with Gasteiger partial charge in [-0.2, -0.15) is 22.8 Å². The van der Waals surface area contributed by atoms with Crippen molar-refractivity contribution in [2.45, 2.75) is 13.2 Å². The molecule has 0 saturated heterocycles. The largest absolute Gasteiger partial charge is 0.497 e. The molecular weight excluding hydrogens is 382 g/mol. The van der Waals surface area contributed by atoms with Gasteiger partial charge in [0.1, 0.15) is 11.5 Å². The zero-order valence-electron chi connectivity index (χ0n) is 14.8. The van der Waals surface area contributed by atoms with E-state index in [0.29, 0.717) is 22.6 Å². The summed E-state index contributed by atoms with van der Waals surface area (Å²) in [5, 5.41) is 9.14. The van der Waals surface area contributed by atoms with Crippen molar-refractivity contribution in [1.29, 1.82) is 5.26 Å². The van der Waals surface area contributed by atoms with E-state index in [0.717, 1.165) is 12.1 Å². The minimum absolute atomic E-state index is 0.258. The topological polar surface area (TPSA) is 60.7 Å². The molecule has 2 aromatic rings. The number of nitriles is 1. The first-order valence-electron chi connectivity index (χ1n) is 7.75. The first-order valence-corrected chi connectivity index (χ1v) is 7.75. The molecule has 0 bridgehead atoms. The molecular formula is C19H15F4NO4. The van der Waals surface area contributed by atoms with Gasteiger partial charge in [-0.1, -0.05) is 6.07 Å². The van der Waals surface area contributed by atoms with Crippen LogP contribution in [0.3, 0.4) is 0 Å². The van der Waals surface area contributed by atoms with Crippen molar-refractivity contribution in [2.75, 3.05) is 14.2 Å². The fourth-order valence-corrected chi connectivity index (χ4v) is 2.42. The molecule has 0 fully saturated rings. The Morgan fingerprint density at radius 2 is 1.43 bits per heavy atom. The van der Waals surface area contributed by atoms with Gasteiger partial charge in [0.25, 0.3) is 0 Å². The van der Waals surface area contributed by atoms with Gasteiger partial charge in [-0.15, -0.1) is 0 Å². The van der Waals surface area contributed by atoms with E-state index >= 15 is 0 Å². The van der Waals surface area contributed by atoms with Crippen LogP contribution in [0.1, 0.15) is 11.1 Å². The van der Waals surface area contributed by atoms with Crippen molar-refractivity contribution >= 4 is 5.57 Å². The first-order chi connectivity index (χ1) is 13.4. The number of hydrogen-bond acceptors (Lipinski definition) is 5. The van der Waals surface area contributed by atoms with Gasteiger partial charge >= 0.3 is 13.2 Å². The van der Waals surface area contributed by atoms with Crippen molar-refractivity contribution in [3.8, 4) is 29.1 Å². The Morgan fingerprint density at radius 1 is 0.857 bits per heavy atom. The lowest BCUT2D eigenvalue weighted by Crippen LogP contribution is -2.08. The van der Waals surface area contributed by atoms with Gasteiger partial charge in [0.15, 0.2) is 11.5 Å². The number of hydrogen-bond donors (Lipinski definition) is 0. The molecule has 0 amide bonds. The van der Waals surface area contributed by atoms with Gasteiger partial charge in [-0.3, -0.25) is 0 Å². The van der Waals surface area contributed by atoms with Crippen LogP contribution in [0.4, 0.5) is 17.6 Å². The van der Waals surface area contributed by atoms with Crippen LogP contribution in [0, 0.1) is 11.3 Å². The minimum Gasteiger partial charge on any atom is -0.497 e. The van der Waals surface area contributed by atoms with Gasteiger partial charge < -0.3 is 18.9 Å². The number of methoxy groups -OCH3 is 2. The summed E-state index contributed by atoms with van der Waals surface area (Å²) in [5.74, 6) is -0.287. The third kappa shape index (κ3) is 5.30. The van der Waals surface area contributed by atoms with E-state index in [1.165, 1.54) is 26.4 Å². The molecule has 28 heavy (non-hydrogen) atoms. The number of benzene rings is 2. The molecule has 0 atom stereocenters. The molecule has 5 nitrogen and oxygen atoms in total. The molecule has 0 radical (unpaired) electrons. The molecule has 0 aliphatic rings. The van der Waals surface area contributed by atoms with E-state index in [-0.39, 0.29) is 5.56 Å². The van der Waals surface area contributed by atoms with Crippen LogP contribution in [0.5, 0.6) is 23.0 Å². The van der Waals surface area contributed by atoms with Crippen molar-refractivity contribution in [3.63, 3.8) is 0 Å². The normalized spacial score (nSPS) is 11.3. The lowest BCUT2D eigenvalue weighted by molar-refractivity contribution is -0.0692. The van der Waals surface area contributed by atoms with Crippen LogP contribution >= 0.6 is 0 Å². The van der Waals surface area contributed by atoms with Crippen LogP contribution in [0.25, 0.3) is 5.57 Å². The van der Waals surface area contributed by atoms with E-state index < -0.39 is 24.7 Å². The van der Waals surface area contributed by atoms with E-state index in [4.69, 9.17) is 14.7 Å². The smallest absolute Gasteiger partial charge is 0.387 e. The van der Waals surface area contributed by atoms with Crippen LogP contribution in [-0.4, -0.2) is 27.4 Å². The Balaban J connectivity index is 2.58. The van der Waals surface area contributed by atoms with Crippen molar-refractivity contribution in [3.05, 3.63) is 53.6 Å². The highest BCUT2D eigenvalue weighted by molar-refractivity contribution is 5.83. The summed E-state index contributed by atoms with van der Waals surface area (Å²) in [4.78, 5) is 0. The van der Waals surface area contributed by atoms with Crippen LogP contribution in [0.15, 0.2) is 42.5 Å². The highest BCUT2D eigenvalue weighted by Gasteiger charge is 2.18. The summed E-state index contributed by atoms with van der Waals surface area (Å²) in [6.07, 6.45) is 1.17. The molecule has 2 aromatic carbocycles. The van der Waals surface area contributed by atoms with Crippen LogP contribution in [-0.2, 0) is 0 Å². The summed E-state index contributed by atoms with van der Waals surface area (Å²) in [5.41, 5.74) is 1.04. The minimum atomic E-state index is -3.25. The second-order valence-corrected chi connectivity index (χ2v) is 5.21. The lowest BCUT2D eigenvalue weighted by atomic mass is 9.96. The zero-order valence-corrected chi connectivity index (χ0v) is 14.8. The number of rotatable bonds is 8. The van der Waals surface area contributed by atoms with E-state index in [1.807, 2.05) is 6.07 Å². The predicted molar refractivity (Wildman–Crippen MR) is 91.9 cm³/mol. The maximum absolute atomic E-state index is 12.7. The number of nitrogens with zero attached hydrogens (tertiary/aromatic N) is 1. The Bertz CT molecular complexity index is 872. The Labute approximate surface area is 158 Å². The monoisotopic (exact) mass is 397 g/mol. The highest BCUT2D eigenvalue weighted by atomic mass is 19.3. The predicted octanol–water partition coefficient (Wildman–Crippen LogP) is 4.86. The molecule has 0 aromatic heterocycles. The van der Waals surface area contributed by atoms with Crippen molar-refractivity contribution < 1.29 is 36.5 Å². The van der Waals surface area contributed by atoms with E-state index in [1.54, 1.807) is 18.2 Å². The molecule has 148 valence electrons. The SMILES string of the molecule is COc1cc(OC)cc(/C(=C/C#N)c2ccc(OC(F)F)c(OC(F)F)c2)c1. The quantitative estimate of drug-likeness (QED) is 0.470. The van der Waals surface area contributed by atoms with E-state index in [9.17, 15) is 17.6 Å². The van der Waals surface area contributed by atoms with Gasteiger partial charge in [0.2, 0.25) is 0 Å². The van der Waals surface area contributed by atoms with Gasteiger partial charge in [-0.25, -0.2) is 0 Å². The first kappa shape index (κ1) is 20.9. The number of alkyl halides is 4. The fraction of sp³-hybridized carbons (Fsp3) is 0.211. The molecule has 2 rings (SSSR count). The average molecular weight is 397 g/mol. The van der Waals surface area contributed by atoms with Crippen molar-refractivity contribution in [1.82, 2.24) is 0 Å². The molecule has 0 saturated carbocycles. The molecule has 0 aliphatic carbocycles. The molecule has 0 unspecified atom stereocenters. The molecule has 0 aliphatic heterocycles. The fourth-order valence-electron chi connectivity index (χ4n) is 2.42. The highest BCUT2D eigenvalue weighted by Crippen LogP contribution is 2.36.